The summed E-state index contributed by atoms with van der Waals surface area (Å²) in [5.74, 6) is -3.34. The lowest BCUT2D eigenvalue weighted by Crippen LogP contribution is -2.41. The summed E-state index contributed by atoms with van der Waals surface area (Å²) < 4.78 is 4.41. The van der Waals surface area contributed by atoms with Crippen LogP contribution in [0.5, 0.6) is 0 Å². The normalized spacial score (nSPS) is 14.4. The van der Waals surface area contributed by atoms with E-state index in [-0.39, 0.29) is 17.0 Å². The van der Waals surface area contributed by atoms with E-state index in [1.165, 1.54) is 6.07 Å². The molecule has 1 aliphatic rings. The number of imide groups is 1. The summed E-state index contributed by atoms with van der Waals surface area (Å²) in [5.41, 5.74) is -0.273. The van der Waals surface area contributed by atoms with Gasteiger partial charge in [-0.2, -0.15) is 0 Å². The Morgan fingerprint density at radius 1 is 1.25 bits per heavy atom. The highest BCUT2D eigenvalue weighted by molar-refractivity contribution is 6.48. The van der Waals surface area contributed by atoms with Gasteiger partial charge in [-0.3, -0.25) is 19.7 Å². The first-order chi connectivity index (χ1) is 7.54. The number of Topliss-reactive ketones (excluding diaryl/α,β-unsaturated/α-hetero) is 1. The second-order valence-corrected chi connectivity index (χ2v) is 3.08. The number of nitrogens with one attached hydrogen (secondary N) is 2. The molecule has 0 saturated heterocycles. The molecule has 0 spiro atoms. The van der Waals surface area contributed by atoms with E-state index in [9.17, 15) is 19.2 Å². The number of amides is 2. The van der Waals surface area contributed by atoms with Crippen LogP contribution in [-0.4, -0.2) is 35.7 Å². The molecule has 0 atom stereocenters. The van der Waals surface area contributed by atoms with E-state index in [1.807, 2.05) is 5.32 Å². The molecule has 1 aliphatic heterocycles. The minimum Gasteiger partial charge on any atom is -0.464 e. The number of rotatable bonds is 1. The Morgan fingerprint density at radius 3 is 2.56 bits per heavy atom. The zero-order valence-corrected chi connectivity index (χ0v) is 8.12. The van der Waals surface area contributed by atoms with Gasteiger partial charge in [-0.15, -0.1) is 0 Å². The summed E-state index contributed by atoms with van der Waals surface area (Å²) >= 11 is 0. The van der Waals surface area contributed by atoms with Gasteiger partial charge < -0.3 is 9.72 Å². The van der Waals surface area contributed by atoms with Crippen LogP contribution < -0.4 is 5.32 Å². The van der Waals surface area contributed by atoms with Crippen molar-refractivity contribution in [3.63, 3.8) is 0 Å². The van der Waals surface area contributed by atoms with Crippen molar-refractivity contribution in [1.29, 1.82) is 0 Å². The molecule has 0 aliphatic carbocycles. The first kappa shape index (κ1) is 10.1. The molecule has 0 saturated carbocycles. The van der Waals surface area contributed by atoms with E-state index >= 15 is 0 Å². The highest BCUT2D eigenvalue weighted by Gasteiger charge is 2.33. The van der Waals surface area contributed by atoms with E-state index in [0.717, 1.165) is 7.11 Å². The molecule has 2 N–H and O–H groups in total. The van der Waals surface area contributed by atoms with Crippen LogP contribution in [0.2, 0.25) is 0 Å². The monoisotopic (exact) mass is 222 g/mol. The Labute approximate surface area is 88.8 Å². The number of hydrogen-bond acceptors (Lipinski definition) is 5. The number of ether oxygens (including phenoxy) is 1. The zero-order chi connectivity index (χ0) is 11.9. The summed E-state index contributed by atoms with van der Waals surface area (Å²) in [4.78, 5) is 47.2. The molecule has 1 aromatic rings. The lowest BCUT2D eigenvalue weighted by atomic mass is 10.1. The van der Waals surface area contributed by atoms with E-state index in [4.69, 9.17) is 0 Å². The third-order valence-corrected chi connectivity index (χ3v) is 2.13. The van der Waals surface area contributed by atoms with Crippen LogP contribution >= 0.6 is 0 Å². The molecule has 0 unspecified atom stereocenters. The number of esters is 1. The van der Waals surface area contributed by atoms with Crippen LogP contribution in [0.1, 0.15) is 31.3 Å². The fourth-order valence-electron chi connectivity index (χ4n) is 1.37. The van der Waals surface area contributed by atoms with Crippen LogP contribution in [0.25, 0.3) is 0 Å². The van der Waals surface area contributed by atoms with E-state index in [2.05, 4.69) is 9.72 Å². The van der Waals surface area contributed by atoms with Gasteiger partial charge >= 0.3 is 11.9 Å². The fourth-order valence-corrected chi connectivity index (χ4v) is 1.37. The molecule has 0 fully saturated rings. The van der Waals surface area contributed by atoms with Gasteiger partial charge in [-0.25, -0.2) is 4.79 Å². The summed E-state index contributed by atoms with van der Waals surface area (Å²) in [6.07, 6.45) is 0. The molecule has 1 aromatic heterocycles. The Hall–Kier alpha value is -2.44. The Morgan fingerprint density at radius 2 is 1.94 bits per heavy atom. The Kier molecular flexibility index (Phi) is 2.08. The van der Waals surface area contributed by atoms with Crippen molar-refractivity contribution in [2.24, 2.45) is 0 Å². The molecule has 2 amide bonds. The van der Waals surface area contributed by atoms with Gasteiger partial charge in [-0.1, -0.05) is 0 Å². The maximum Gasteiger partial charge on any atom is 0.354 e. The van der Waals surface area contributed by atoms with E-state index in [1.54, 1.807) is 0 Å². The van der Waals surface area contributed by atoms with Gasteiger partial charge in [0.25, 0.3) is 11.7 Å². The molecule has 2 heterocycles. The van der Waals surface area contributed by atoms with E-state index < -0.39 is 23.6 Å². The number of aromatic nitrogens is 1. The average molecular weight is 222 g/mol. The van der Waals surface area contributed by atoms with Crippen molar-refractivity contribution in [2.75, 3.05) is 7.11 Å². The molecule has 7 heteroatoms. The number of ketones is 1. The quantitative estimate of drug-likeness (QED) is 0.369. The highest BCUT2D eigenvalue weighted by Crippen LogP contribution is 2.16. The van der Waals surface area contributed by atoms with Crippen molar-refractivity contribution >= 4 is 23.6 Å². The second kappa shape index (κ2) is 3.30. The molecule has 16 heavy (non-hydrogen) atoms. The van der Waals surface area contributed by atoms with Crippen molar-refractivity contribution in [1.82, 2.24) is 10.3 Å². The molecule has 0 aromatic carbocycles. The number of carbonyl (C=O) groups excluding carboxylic acids is 4. The predicted octanol–water partition coefficient (Wildman–Crippen LogP) is -0.746. The van der Waals surface area contributed by atoms with Crippen molar-refractivity contribution in [2.45, 2.75) is 0 Å². The third-order valence-electron chi connectivity index (χ3n) is 2.13. The molecule has 7 nitrogen and oxygen atoms in total. The standard InChI is InChI=1S/C9H6N2O5/c1-16-9(15)4-2-3-5(10-4)6(12)8(14)11-7(3)13/h2,10H,1H3,(H,11,13,14). The number of fused-ring (bicyclic) bond motifs is 1. The maximum absolute atomic E-state index is 11.3. The Balaban J connectivity index is 2.54. The number of methoxy groups -OCH3 is 1. The first-order valence-electron chi connectivity index (χ1n) is 4.26. The number of aromatic amines is 1. The number of carbonyl (C=O) groups is 4. The summed E-state index contributed by atoms with van der Waals surface area (Å²) in [5, 5.41) is 1.86. The number of hydrogen-bond donors (Lipinski definition) is 2. The van der Waals surface area contributed by atoms with Gasteiger partial charge in [0.05, 0.1) is 12.7 Å². The van der Waals surface area contributed by atoms with Gasteiger partial charge in [0.2, 0.25) is 0 Å². The minimum absolute atomic E-state index is 0.0370. The van der Waals surface area contributed by atoms with Gasteiger partial charge in [0.15, 0.2) is 0 Å². The van der Waals surface area contributed by atoms with Crippen LogP contribution in [0.3, 0.4) is 0 Å². The van der Waals surface area contributed by atoms with Crippen molar-refractivity contribution < 1.29 is 23.9 Å². The second-order valence-electron chi connectivity index (χ2n) is 3.08. The van der Waals surface area contributed by atoms with Crippen LogP contribution in [0.4, 0.5) is 0 Å². The lowest BCUT2D eigenvalue weighted by Gasteiger charge is -2.08. The zero-order valence-electron chi connectivity index (χ0n) is 8.12. The fraction of sp³-hybridized carbons (Fsp3) is 0.111. The lowest BCUT2D eigenvalue weighted by molar-refractivity contribution is -0.116. The van der Waals surface area contributed by atoms with Gasteiger partial charge in [0, 0.05) is 0 Å². The van der Waals surface area contributed by atoms with Crippen LogP contribution in [-0.2, 0) is 9.53 Å². The predicted molar refractivity (Wildman–Crippen MR) is 48.9 cm³/mol. The minimum atomic E-state index is -1.02. The molecule has 0 radical (unpaired) electrons. The number of H-pyrrole nitrogens is 1. The summed E-state index contributed by atoms with van der Waals surface area (Å²) in [7, 11) is 1.16. The van der Waals surface area contributed by atoms with E-state index in [0.29, 0.717) is 0 Å². The van der Waals surface area contributed by atoms with Gasteiger partial charge in [-0.05, 0) is 6.07 Å². The molecule has 82 valence electrons. The van der Waals surface area contributed by atoms with Crippen molar-refractivity contribution in [3.05, 3.63) is 23.0 Å². The van der Waals surface area contributed by atoms with Crippen LogP contribution in [0, 0.1) is 0 Å². The topological polar surface area (TPSA) is 105 Å². The molecule has 0 bridgehead atoms. The van der Waals surface area contributed by atoms with Gasteiger partial charge in [0.1, 0.15) is 11.4 Å². The average Bonchev–Trinajstić information content (AvgIpc) is 2.70. The SMILES string of the molecule is COC(=O)c1cc2c([nH]1)C(=O)C(=O)NC2=O. The highest BCUT2D eigenvalue weighted by atomic mass is 16.5. The maximum atomic E-state index is 11.3. The Bertz CT molecular complexity index is 528. The summed E-state index contributed by atoms with van der Waals surface area (Å²) in [6, 6.07) is 1.17. The molecular formula is C9H6N2O5. The van der Waals surface area contributed by atoms with Crippen molar-refractivity contribution in [3.8, 4) is 0 Å². The largest absolute Gasteiger partial charge is 0.464 e. The summed E-state index contributed by atoms with van der Waals surface area (Å²) in [6.45, 7) is 0. The first-order valence-corrected chi connectivity index (χ1v) is 4.26. The smallest absolute Gasteiger partial charge is 0.354 e. The molecular weight excluding hydrogens is 216 g/mol. The third kappa shape index (κ3) is 1.29. The molecule has 2 rings (SSSR count). The van der Waals surface area contributed by atoms with Crippen LogP contribution in [0.15, 0.2) is 6.07 Å².